The second-order valence-corrected chi connectivity index (χ2v) is 10.5. The zero-order valence-electron chi connectivity index (χ0n) is 20.7. The van der Waals surface area contributed by atoms with E-state index in [4.69, 9.17) is 23.0 Å². The van der Waals surface area contributed by atoms with Gasteiger partial charge in [-0.1, -0.05) is 0 Å². The second-order valence-electron chi connectivity index (χ2n) is 7.94. The highest BCUT2D eigenvalue weighted by Gasteiger charge is 2.36. The second kappa shape index (κ2) is 13.4. The first-order valence-corrected chi connectivity index (χ1v) is 12.7. The average molecular weight is 563 g/mol. The van der Waals surface area contributed by atoms with Crippen molar-refractivity contribution >= 4 is 45.9 Å². The number of hydrogen-bond donors (Lipinski definition) is 0. The molecule has 0 amide bonds. The van der Waals surface area contributed by atoms with Gasteiger partial charge in [-0.2, -0.15) is 0 Å². The molecule has 0 bridgehead atoms. The third-order valence-corrected chi connectivity index (χ3v) is 6.72. The van der Waals surface area contributed by atoms with Crippen LogP contribution in [0.5, 0.6) is 0 Å². The molecule has 2 aromatic heterocycles. The lowest BCUT2D eigenvalue weighted by atomic mass is 9.97. The normalized spacial score (nSPS) is 12.1. The van der Waals surface area contributed by atoms with E-state index in [1.54, 1.807) is 6.92 Å². The number of esters is 1. The summed E-state index contributed by atoms with van der Waals surface area (Å²) in [6.07, 6.45) is -0.322. The number of hydrogen-bond acceptors (Lipinski definition) is 15. The summed E-state index contributed by atoms with van der Waals surface area (Å²) < 4.78 is 32.6. The van der Waals surface area contributed by atoms with Gasteiger partial charge in [-0.3, -0.25) is 9.59 Å². The smallest absolute Gasteiger partial charge is 0.466 e. The number of aryl methyl sites for hydroxylation is 2. The molecule has 2 rings (SSSR count). The van der Waals surface area contributed by atoms with Crippen LogP contribution in [0.25, 0.3) is 0 Å². The number of thioether (sulfide) groups is 2. The minimum Gasteiger partial charge on any atom is -0.466 e. The van der Waals surface area contributed by atoms with E-state index in [9.17, 15) is 28.8 Å². The van der Waals surface area contributed by atoms with Gasteiger partial charge in [0.05, 0.1) is 17.3 Å². The molecule has 13 nitrogen and oxygen atoms in total. The van der Waals surface area contributed by atoms with Gasteiger partial charge in [-0.15, -0.1) is 0 Å². The summed E-state index contributed by atoms with van der Waals surface area (Å²) in [5, 5.41) is -1.59. The number of carbonyl (C=O) groups excluding carboxylic acids is 4. The van der Waals surface area contributed by atoms with Gasteiger partial charge in [-0.05, 0) is 58.1 Å². The van der Waals surface area contributed by atoms with Crippen LogP contribution in [0.4, 0.5) is 9.59 Å². The highest BCUT2D eigenvalue weighted by Crippen LogP contribution is 2.31. The molecule has 0 aliphatic carbocycles. The molecule has 0 spiro atoms. The molecule has 2 aromatic rings. The molecule has 0 unspecified atom stereocenters. The molecule has 1 atom stereocenters. The van der Waals surface area contributed by atoms with Crippen molar-refractivity contribution in [2.75, 3.05) is 12.4 Å². The highest BCUT2D eigenvalue weighted by atomic mass is 32.2. The SMILES string of the molecule is CCOC(=O)[C@H](CSC(=O)OCc1oc(=O)oc1C)CC(=O)C(C)(C)SC(=O)OCc1oc(=O)oc1C. The summed E-state index contributed by atoms with van der Waals surface area (Å²) in [5.74, 6) is -3.74. The van der Waals surface area contributed by atoms with Gasteiger partial charge >= 0.3 is 28.2 Å². The van der Waals surface area contributed by atoms with E-state index in [1.807, 2.05) is 0 Å². The Morgan fingerprint density at radius 1 is 0.838 bits per heavy atom. The van der Waals surface area contributed by atoms with Gasteiger partial charge in [0, 0.05) is 12.2 Å². The fourth-order valence-electron chi connectivity index (χ4n) is 2.71. The third kappa shape index (κ3) is 9.31. The van der Waals surface area contributed by atoms with Crippen LogP contribution in [0.1, 0.15) is 50.2 Å². The van der Waals surface area contributed by atoms with Crippen molar-refractivity contribution in [1.29, 1.82) is 0 Å². The Balaban J connectivity index is 1.92. The summed E-state index contributed by atoms with van der Waals surface area (Å²) in [5.41, 5.74) is 0. The largest absolute Gasteiger partial charge is 0.519 e. The number of ether oxygens (including phenoxy) is 3. The molecule has 0 fully saturated rings. The van der Waals surface area contributed by atoms with Gasteiger partial charge in [-0.25, -0.2) is 19.2 Å². The maximum atomic E-state index is 13.0. The molecule has 15 heteroatoms. The lowest BCUT2D eigenvalue weighted by Crippen LogP contribution is -2.34. The van der Waals surface area contributed by atoms with E-state index in [1.165, 1.54) is 27.7 Å². The molecule has 2 heterocycles. The first-order valence-electron chi connectivity index (χ1n) is 10.9. The maximum Gasteiger partial charge on any atom is 0.519 e. The fourth-order valence-corrected chi connectivity index (χ4v) is 4.17. The van der Waals surface area contributed by atoms with E-state index in [2.05, 4.69) is 8.83 Å². The number of carbonyl (C=O) groups is 4. The minimum atomic E-state index is -1.30. The molecule has 0 aromatic carbocycles. The number of rotatable bonds is 12. The molecule has 0 saturated carbocycles. The topological polar surface area (TPSA) is 183 Å². The van der Waals surface area contributed by atoms with Gasteiger partial charge < -0.3 is 31.9 Å². The lowest BCUT2D eigenvalue weighted by molar-refractivity contribution is -0.148. The van der Waals surface area contributed by atoms with Crippen LogP contribution in [-0.2, 0) is 37.0 Å². The van der Waals surface area contributed by atoms with Crippen LogP contribution in [0.3, 0.4) is 0 Å². The zero-order valence-corrected chi connectivity index (χ0v) is 22.4. The molecule has 0 saturated heterocycles. The standard InChI is InChI=1S/C22H26O13S2/c1-6-29-17(24)13(10-36-20(27)30-8-14-11(2)32-18(25)34-14)7-16(23)22(4,5)37-21(28)31-9-15-12(3)33-19(26)35-15/h13H,6-10H2,1-5H3/t13-/m0/s1. The van der Waals surface area contributed by atoms with Crippen LogP contribution in [0, 0.1) is 19.8 Å². The molecule has 0 radical (unpaired) electrons. The summed E-state index contributed by atoms with van der Waals surface area (Å²) in [6, 6.07) is 0. The van der Waals surface area contributed by atoms with Crippen molar-refractivity contribution in [3.05, 3.63) is 44.3 Å². The van der Waals surface area contributed by atoms with Crippen LogP contribution in [0.15, 0.2) is 27.3 Å². The van der Waals surface area contributed by atoms with Gasteiger partial charge in [0.15, 0.2) is 36.3 Å². The van der Waals surface area contributed by atoms with E-state index in [0.717, 1.165) is 0 Å². The third-order valence-electron chi connectivity index (χ3n) is 4.78. The maximum absolute atomic E-state index is 13.0. The summed E-state index contributed by atoms with van der Waals surface area (Å²) in [4.78, 5) is 71.9. The molecule has 0 N–H and O–H groups in total. The fraction of sp³-hybridized carbons (Fsp3) is 0.545. The number of ketones is 1. The van der Waals surface area contributed by atoms with E-state index >= 15 is 0 Å². The van der Waals surface area contributed by atoms with E-state index < -0.39 is 44.7 Å². The lowest BCUT2D eigenvalue weighted by Gasteiger charge is -2.23. The van der Waals surface area contributed by atoms with E-state index in [-0.39, 0.29) is 55.0 Å². The van der Waals surface area contributed by atoms with Crippen LogP contribution in [-0.4, -0.2) is 39.5 Å². The predicted molar refractivity (Wildman–Crippen MR) is 128 cm³/mol. The minimum absolute atomic E-state index is 0.0411. The Bertz CT molecular complexity index is 1230. The van der Waals surface area contributed by atoms with Crippen LogP contribution in [0.2, 0.25) is 0 Å². The highest BCUT2D eigenvalue weighted by molar-refractivity contribution is 8.15. The average Bonchev–Trinajstić information content (AvgIpc) is 3.31. The van der Waals surface area contributed by atoms with Gasteiger partial charge in [0.25, 0.3) is 0 Å². The van der Waals surface area contributed by atoms with Gasteiger partial charge in [0.2, 0.25) is 0 Å². The quantitative estimate of drug-likeness (QED) is 0.269. The van der Waals surface area contributed by atoms with Crippen molar-refractivity contribution in [2.45, 2.75) is 59.0 Å². The van der Waals surface area contributed by atoms with Crippen molar-refractivity contribution in [3.8, 4) is 0 Å². The Hall–Kier alpha value is -3.20. The van der Waals surface area contributed by atoms with Gasteiger partial charge in [0.1, 0.15) is 5.78 Å². The Morgan fingerprint density at radius 2 is 1.35 bits per heavy atom. The Labute approximate surface area is 218 Å². The summed E-state index contributed by atoms with van der Waals surface area (Å²) in [6.45, 7) is 6.84. The van der Waals surface area contributed by atoms with Crippen LogP contribution < -0.4 is 11.6 Å². The monoisotopic (exact) mass is 562 g/mol. The number of Topliss-reactive ketones (excluding diaryl/α,β-unsaturated/α-hetero) is 1. The van der Waals surface area contributed by atoms with Crippen LogP contribution >= 0.6 is 23.5 Å². The van der Waals surface area contributed by atoms with Crippen molar-refractivity contribution in [3.63, 3.8) is 0 Å². The van der Waals surface area contributed by atoms with Crippen molar-refractivity contribution in [2.24, 2.45) is 5.92 Å². The molecule has 0 aliphatic rings. The Kier molecular flexibility index (Phi) is 10.9. The van der Waals surface area contributed by atoms with Crippen molar-refractivity contribution in [1.82, 2.24) is 0 Å². The summed E-state index contributed by atoms with van der Waals surface area (Å²) in [7, 11) is 0. The van der Waals surface area contributed by atoms with E-state index in [0.29, 0.717) is 23.5 Å². The first-order chi connectivity index (χ1) is 17.3. The predicted octanol–water partition coefficient (Wildman–Crippen LogP) is 3.75. The Morgan fingerprint density at radius 3 is 1.81 bits per heavy atom. The molecular formula is C22H26O13S2. The molecule has 204 valence electrons. The molecular weight excluding hydrogens is 536 g/mol. The zero-order chi connectivity index (χ0) is 27.8. The molecule has 0 aliphatic heterocycles. The first kappa shape index (κ1) is 30.0. The van der Waals surface area contributed by atoms with Crippen molar-refractivity contribution < 1.29 is 51.1 Å². The summed E-state index contributed by atoms with van der Waals surface area (Å²) >= 11 is 1.22. The molecule has 37 heavy (non-hydrogen) atoms.